The Morgan fingerprint density at radius 2 is 1.66 bits per heavy atom. The van der Waals surface area contributed by atoms with Gasteiger partial charge in [-0.05, 0) is 42.0 Å². The quantitative estimate of drug-likeness (QED) is 0.393. The van der Waals surface area contributed by atoms with Crippen LogP contribution in [0.3, 0.4) is 0 Å². The molecule has 0 aliphatic rings. The van der Waals surface area contributed by atoms with E-state index < -0.39 is 17.5 Å². The predicted octanol–water partition coefficient (Wildman–Crippen LogP) is 5.14. The number of thioether (sulfide) groups is 1. The van der Waals surface area contributed by atoms with E-state index in [1.807, 2.05) is 34.9 Å². The van der Waals surface area contributed by atoms with Gasteiger partial charge in [0.25, 0.3) is 0 Å². The van der Waals surface area contributed by atoms with Crippen molar-refractivity contribution in [2.45, 2.75) is 11.7 Å². The van der Waals surface area contributed by atoms with Crippen molar-refractivity contribution in [1.82, 2.24) is 14.8 Å². The molecule has 0 aliphatic heterocycles. The maximum Gasteiger partial charge on any atom is 0.234 e. The number of hydrogen-bond acceptors (Lipinski definition) is 4. The van der Waals surface area contributed by atoms with Crippen molar-refractivity contribution in [3.05, 3.63) is 95.8 Å². The minimum Gasteiger partial charge on any atom is -0.325 e. The summed E-state index contributed by atoms with van der Waals surface area (Å²) >= 11 is 1.16. The fourth-order valence-corrected chi connectivity index (χ4v) is 3.76. The normalized spacial score (nSPS) is 10.8. The molecule has 162 valence electrons. The lowest BCUT2D eigenvalue weighted by molar-refractivity contribution is -0.113. The molecule has 32 heavy (non-hydrogen) atoms. The number of carbonyl (C=O) groups is 1. The molecule has 0 radical (unpaired) electrons. The summed E-state index contributed by atoms with van der Waals surface area (Å²) in [4.78, 5) is 12.3. The van der Waals surface area contributed by atoms with Gasteiger partial charge in [-0.2, -0.15) is 0 Å². The average molecular weight is 454 g/mol. The number of benzene rings is 3. The number of nitrogens with zero attached hydrogens (tertiary/aromatic N) is 3. The summed E-state index contributed by atoms with van der Waals surface area (Å²) in [5.74, 6) is -2.26. The number of halogens is 3. The van der Waals surface area contributed by atoms with Crippen LogP contribution < -0.4 is 5.32 Å². The van der Waals surface area contributed by atoms with Gasteiger partial charge in [-0.25, -0.2) is 13.2 Å². The van der Waals surface area contributed by atoms with E-state index in [2.05, 4.69) is 15.5 Å². The summed E-state index contributed by atoms with van der Waals surface area (Å²) in [6.45, 7) is 0.452. The number of amides is 1. The first-order valence-electron chi connectivity index (χ1n) is 9.60. The van der Waals surface area contributed by atoms with Crippen molar-refractivity contribution in [1.29, 1.82) is 0 Å². The van der Waals surface area contributed by atoms with Crippen LogP contribution in [0.2, 0.25) is 0 Å². The van der Waals surface area contributed by atoms with Crippen molar-refractivity contribution in [3.8, 4) is 11.4 Å². The molecule has 4 rings (SSSR count). The van der Waals surface area contributed by atoms with Crippen LogP contribution in [0, 0.1) is 17.5 Å². The molecule has 0 saturated heterocycles. The highest BCUT2D eigenvalue weighted by Crippen LogP contribution is 2.26. The zero-order valence-corrected chi connectivity index (χ0v) is 17.5. The lowest BCUT2D eigenvalue weighted by Crippen LogP contribution is -2.15. The topological polar surface area (TPSA) is 59.8 Å². The second kappa shape index (κ2) is 9.69. The molecular formula is C23H17F3N4OS. The van der Waals surface area contributed by atoms with E-state index in [0.717, 1.165) is 29.5 Å². The van der Waals surface area contributed by atoms with Gasteiger partial charge in [-0.15, -0.1) is 10.2 Å². The Morgan fingerprint density at radius 3 is 2.38 bits per heavy atom. The Bertz CT molecular complexity index is 1230. The van der Waals surface area contributed by atoms with E-state index in [4.69, 9.17) is 0 Å². The van der Waals surface area contributed by atoms with E-state index in [-0.39, 0.29) is 17.3 Å². The fourth-order valence-electron chi connectivity index (χ4n) is 3.02. The molecule has 0 unspecified atom stereocenters. The van der Waals surface area contributed by atoms with Gasteiger partial charge in [0.2, 0.25) is 5.91 Å². The van der Waals surface area contributed by atoms with Gasteiger partial charge in [-0.1, -0.05) is 42.1 Å². The molecule has 0 fully saturated rings. The minimum absolute atomic E-state index is 0.0185. The maximum absolute atomic E-state index is 13.4. The molecule has 0 saturated carbocycles. The summed E-state index contributed by atoms with van der Waals surface area (Å²) in [5.41, 5.74) is 1.85. The van der Waals surface area contributed by atoms with Gasteiger partial charge in [0.1, 0.15) is 5.82 Å². The van der Waals surface area contributed by atoms with Gasteiger partial charge in [0, 0.05) is 17.3 Å². The molecule has 5 nitrogen and oxygen atoms in total. The highest BCUT2D eigenvalue weighted by Gasteiger charge is 2.17. The molecule has 0 atom stereocenters. The highest BCUT2D eigenvalue weighted by atomic mass is 32.2. The monoisotopic (exact) mass is 454 g/mol. The SMILES string of the molecule is O=C(CSc1nnc(-c2ccc(F)cc2)n1Cc1ccccc1)Nc1ccc(F)c(F)c1. The lowest BCUT2D eigenvalue weighted by Gasteiger charge is -2.11. The van der Waals surface area contributed by atoms with Gasteiger partial charge in [0.15, 0.2) is 22.6 Å². The van der Waals surface area contributed by atoms with Crippen molar-refractivity contribution in [2.75, 3.05) is 11.1 Å². The van der Waals surface area contributed by atoms with E-state index in [1.165, 1.54) is 18.2 Å². The Hall–Kier alpha value is -3.59. The summed E-state index contributed by atoms with van der Waals surface area (Å²) in [6, 6.07) is 18.7. The number of rotatable bonds is 7. The predicted molar refractivity (Wildman–Crippen MR) is 117 cm³/mol. The van der Waals surface area contributed by atoms with Crippen molar-refractivity contribution >= 4 is 23.4 Å². The number of hydrogen-bond donors (Lipinski definition) is 1. The molecule has 1 heterocycles. The molecular weight excluding hydrogens is 437 g/mol. The van der Waals surface area contributed by atoms with Crippen LogP contribution >= 0.6 is 11.8 Å². The van der Waals surface area contributed by atoms with E-state index in [0.29, 0.717) is 23.1 Å². The van der Waals surface area contributed by atoms with Gasteiger partial charge in [0.05, 0.1) is 12.3 Å². The van der Waals surface area contributed by atoms with Crippen LogP contribution in [0.15, 0.2) is 78.0 Å². The summed E-state index contributed by atoms with van der Waals surface area (Å²) < 4.78 is 41.6. The summed E-state index contributed by atoms with van der Waals surface area (Å²) in [6.07, 6.45) is 0. The largest absolute Gasteiger partial charge is 0.325 e. The van der Waals surface area contributed by atoms with E-state index in [9.17, 15) is 18.0 Å². The second-order valence-electron chi connectivity index (χ2n) is 6.85. The van der Waals surface area contributed by atoms with Gasteiger partial charge in [-0.3, -0.25) is 9.36 Å². The third-order valence-electron chi connectivity index (χ3n) is 4.54. The third-order valence-corrected chi connectivity index (χ3v) is 5.51. The van der Waals surface area contributed by atoms with Crippen LogP contribution in [-0.4, -0.2) is 26.4 Å². The van der Waals surface area contributed by atoms with Crippen LogP contribution in [0.4, 0.5) is 18.9 Å². The van der Waals surface area contributed by atoms with Crippen molar-refractivity contribution in [3.63, 3.8) is 0 Å². The molecule has 9 heteroatoms. The van der Waals surface area contributed by atoms with Crippen LogP contribution in [0.1, 0.15) is 5.56 Å². The molecule has 1 aromatic heterocycles. The van der Waals surface area contributed by atoms with E-state index in [1.54, 1.807) is 12.1 Å². The molecule has 4 aromatic rings. The van der Waals surface area contributed by atoms with E-state index >= 15 is 0 Å². The summed E-state index contributed by atoms with van der Waals surface area (Å²) in [7, 11) is 0. The number of carbonyl (C=O) groups excluding carboxylic acids is 1. The van der Waals surface area contributed by atoms with Crippen molar-refractivity contribution in [2.24, 2.45) is 0 Å². The van der Waals surface area contributed by atoms with Gasteiger partial charge < -0.3 is 5.32 Å². The molecule has 0 aliphatic carbocycles. The first-order chi connectivity index (χ1) is 15.5. The Labute approximate surface area is 186 Å². The molecule has 3 aromatic carbocycles. The Balaban J connectivity index is 1.54. The Kier molecular flexibility index (Phi) is 6.55. The fraction of sp³-hybridized carbons (Fsp3) is 0.0870. The highest BCUT2D eigenvalue weighted by molar-refractivity contribution is 7.99. The van der Waals surface area contributed by atoms with Gasteiger partial charge >= 0.3 is 0 Å². The standard InChI is InChI=1S/C23H17F3N4OS/c24-17-8-6-16(7-9-17)22-28-29-23(30(22)13-15-4-2-1-3-5-15)32-14-21(31)27-18-10-11-19(25)20(26)12-18/h1-12H,13-14H2,(H,27,31). The van der Waals surface area contributed by atoms with Crippen LogP contribution in [0.25, 0.3) is 11.4 Å². The molecule has 1 N–H and O–H groups in total. The zero-order valence-electron chi connectivity index (χ0n) is 16.6. The first kappa shape index (κ1) is 21.6. The van der Waals surface area contributed by atoms with Crippen LogP contribution in [0.5, 0.6) is 0 Å². The minimum atomic E-state index is -1.04. The van der Waals surface area contributed by atoms with Crippen molar-refractivity contribution < 1.29 is 18.0 Å². The first-order valence-corrected chi connectivity index (χ1v) is 10.6. The molecule has 0 spiro atoms. The smallest absolute Gasteiger partial charge is 0.234 e. The molecule has 0 bridgehead atoms. The number of aromatic nitrogens is 3. The third kappa shape index (κ3) is 5.17. The number of anilines is 1. The molecule has 1 amide bonds. The Morgan fingerprint density at radius 1 is 0.906 bits per heavy atom. The zero-order chi connectivity index (χ0) is 22.5. The maximum atomic E-state index is 13.4. The summed E-state index contributed by atoms with van der Waals surface area (Å²) in [5, 5.41) is 11.5. The second-order valence-corrected chi connectivity index (χ2v) is 7.79. The van der Waals surface area contributed by atoms with Crippen LogP contribution in [-0.2, 0) is 11.3 Å². The average Bonchev–Trinajstić information content (AvgIpc) is 3.18. The number of nitrogens with one attached hydrogen (secondary N) is 1. The lowest BCUT2D eigenvalue weighted by atomic mass is 10.2.